The van der Waals surface area contributed by atoms with E-state index in [-0.39, 0.29) is 5.56 Å². The number of aromatic nitrogens is 6. The van der Waals surface area contributed by atoms with Crippen molar-refractivity contribution in [2.75, 3.05) is 11.9 Å². The Morgan fingerprint density at radius 1 is 1.15 bits per heavy atom. The quantitative estimate of drug-likeness (QED) is 0.351. The van der Waals surface area contributed by atoms with E-state index >= 15 is 0 Å². The average Bonchev–Trinajstić information content (AvgIpc) is 3.55. The van der Waals surface area contributed by atoms with Gasteiger partial charge in [0, 0.05) is 47.2 Å². The minimum absolute atomic E-state index is 0.0947. The number of carboxylic acid groups (broad SMARTS) is 1. The van der Waals surface area contributed by atoms with Gasteiger partial charge in [0.2, 0.25) is 5.91 Å². The lowest BCUT2D eigenvalue weighted by atomic mass is 9.96. The summed E-state index contributed by atoms with van der Waals surface area (Å²) < 4.78 is 3.15. The molecule has 13 heteroatoms. The average molecular weight is 547 g/mol. The monoisotopic (exact) mass is 546 g/mol. The summed E-state index contributed by atoms with van der Waals surface area (Å²) in [4.78, 5) is 39.7. The Kier molecular flexibility index (Phi) is 6.94. The summed E-state index contributed by atoms with van der Waals surface area (Å²) in [5.41, 5.74) is 4.06. The third-order valence-electron chi connectivity index (χ3n) is 6.58. The van der Waals surface area contributed by atoms with E-state index in [9.17, 15) is 14.4 Å². The predicted octanol–water partition coefficient (Wildman–Crippen LogP) is 2.83. The molecule has 0 saturated heterocycles. The van der Waals surface area contributed by atoms with Gasteiger partial charge in [0.05, 0.1) is 16.9 Å². The second-order valence-electron chi connectivity index (χ2n) is 8.92. The van der Waals surface area contributed by atoms with Crippen LogP contribution in [0.15, 0.2) is 54.9 Å². The summed E-state index contributed by atoms with van der Waals surface area (Å²) in [6.07, 6.45) is 4.95. The van der Waals surface area contributed by atoms with Gasteiger partial charge in [-0.1, -0.05) is 11.6 Å². The van der Waals surface area contributed by atoms with Gasteiger partial charge in [-0.25, -0.2) is 4.79 Å². The molecule has 0 radical (unpaired) electrons. The van der Waals surface area contributed by atoms with Crippen LogP contribution in [-0.2, 0) is 23.1 Å². The number of nitrogens with zero attached hydrogens (tertiary/aromatic N) is 7. The molecule has 12 nitrogen and oxygen atoms in total. The molecule has 1 unspecified atom stereocenters. The van der Waals surface area contributed by atoms with Gasteiger partial charge >= 0.3 is 5.97 Å². The molecular formula is C26H23ClN8O4. The highest BCUT2D eigenvalue weighted by Crippen LogP contribution is 2.32. The topological polar surface area (TPSA) is 148 Å². The van der Waals surface area contributed by atoms with Gasteiger partial charge in [-0.05, 0) is 72.3 Å². The number of carbonyl (C=O) groups is 3. The molecule has 3 heterocycles. The maximum Gasteiger partial charge on any atom is 0.335 e. The SMILES string of the molecule is Cc1c2c(nn1C)C(C(=O)Nc1ccc(C(=O)O)cc1)N(C(=O)/C=C/c1cc(Cl)ccc1-n1cnnn1)CC2. The van der Waals surface area contributed by atoms with Gasteiger partial charge < -0.3 is 15.3 Å². The molecule has 2 aromatic carbocycles. The maximum absolute atomic E-state index is 13.6. The number of carbonyl (C=O) groups excluding carboxylic acids is 2. The van der Waals surface area contributed by atoms with Crippen LogP contribution in [0.2, 0.25) is 5.02 Å². The first-order valence-electron chi connectivity index (χ1n) is 11.9. The smallest absolute Gasteiger partial charge is 0.335 e. The number of hydrogen-bond acceptors (Lipinski definition) is 7. The molecule has 2 aromatic heterocycles. The van der Waals surface area contributed by atoms with Crippen molar-refractivity contribution < 1.29 is 19.5 Å². The lowest BCUT2D eigenvalue weighted by molar-refractivity contribution is -0.135. The minimum atomic E-state index is -1.07. The van der Waals surface area contributed by atoms with E-state index in [1.165, 1.54) is 46.3 Å². The van der Waals surface area contributed by atoms with Crippen LogP contribution in [0.3, 0.4) is 0 Å². The van der Waals surface area contributed by atoms with Crippen LogP contribution in [0.4, 0.5) is 5.69 Å². The van der Waals surface area contributed by atoms with E-state index in [1.54, 1.807) is 36.0 Å². The number of amides is 2. The van der Waals surface area contributed by atoms with E-state index in [0.717, 1.165) is 11.3 Å². The van der Waals surface area contributed by atoms with Crippen molar-refractivity contribution in [1.82, 2.24) is 34.9 Å². The highest BCUT2D eigenvalue weighted by molar-refractivity contribution is 6.30. The molecule has 0 fully saturated rings. The molecule has 0 aliphatic carbocycles. The van der Waals surface area contributed by atoms with Crippen LogP contribution in [-0.4, -0.2) is 64.3 Å². The number of halogens is 1. The van der Waals surface area contributed by atoms with E-state index in [0.29, 0.717) is 40.6 Å². The number of aryl methyl sites for hydroxylation is 1. The summed E-state index contributed by atoms with van der Waals surface area (Å²) in [6.45, 7) is 2.22. The number of fused-ring (bicyclic) bond motifs is 1. The molecule has 198 valence electrons. The molecule has 2 N–H and O–H groups in total. The number of benzene rings is 2. The Morgan fingerprint density at radius 3 is 2.62 bits per heavy atom. The second kappa shape index (κ2) is 10.5. The van der Waals surface area contributed by atoms with Gasteiger partial charge in [0.25, 0.3) is 5.91 Å². The number of tetrazole rings is 1. The summed E-state index contributed by atoms with van der Waals surface area (Å²) in [5, 5.41) is 28.2. The van der Waals surface area contributed by atoms with Crippen LogP contribution in [0.25, 0.3) is 11.8 Å². The fourth-order valence-corrected chi connectivity index (χ4v) is 4.70. The Hall–Kier alpha value is -4.84. The van der Waals surface area contributed by atoms with E-state index < -0.39 is 23.8 Å². The van der Waals surface area contributed by atoms with Gasteiger partial charge in [0.15, 0.2) is 6.04 Å². The van der Waals surface area contributed by atoms with Crippen molar-refractivity contribution in [3.8, 4) is 5.69 Å². The number of carboxylic acids is 1. The molecule has 1 aliphatic heterocycles. The fourth-order valence-electron chi connectivity index (χ4n) is 4.52. The van der Waals surface area contributed by atoms with Gasteiger partial charge in [-0.3, -0.25) is 14.3 Å². The minimum Gasteiger partial charge on any atom is -0.478 e. The first kappa shape index (κ1) is 25.8. The molecular weight excluding hydrogens is 524 g/mol. The predicted molar refractivity (Wildman–Crippen MR) is 141 cm³/mol. The molecule has 0 saturated carbocycles. The molecule has 1 atom stereocenters. The van der Waals surface area contributed by atoms with Crippen molar-refractivity contribution in [3.05, 3.63) is 88.0 Å². The molecule has 0 spiro atoms. The molecule has 5 rings (SSSR count). The fraction of sp³-hybridized carbons (Fsp3) is 0.192. The third kappa shape index (κ3) is 5.14. The van der Waals surface area contributed by atoms with Crippen molar-refractivity contribution >= 4 is 41.1 Å². The lowest BCUT2D eigenvalue weighted by Crippen LogP contribution is -2.44. The van der Waals surface area contributed by atoms with Crippen LogP contribution >= 0.6 is 11.6 Å². The highest BCUT2D eigenvalue weighted by atomic mass is 35.5. The van der Waals surface area contributed by atoms with Crippen molar-refractivity contribution in [2.24, 2.45) is 7.05 Å². The van der Waals surface area contributed by atoms with Crippen LogP contribution in [0, 0.1) is 6.92 Å². The zero-order valence-corrected chi connectivity index (χ0v) is 21.7. The van der Waals surface area contributed by atoms with Crippen LogP contribution in [0.1, 0.15) is 38.9 Å². The zero-order chi connectivity index (χ0) is 27.7. The maximum atomic E-state index is 13.6. The van der Waals surface area contributed by atoms with E-state index in [4.69, 9.17) is 16.7 Å². The first-order chi connectivity index (χ1) is 18.7. The normalized spacial score (nSPS) is 14.8. The second-order valence-corrected chi connectivity index (χ2v) is 9.36. The number of anilines is 1. The number of hydrogen-bond donors (Lipinski definition) is 2. The summed E-state index contributed by atoms with van der Waals surface area (Å²) in [5.74, 6) is -1.93. The molecule has 4 aromatic rings. The summed E-state index contributed by atoms with van der Waals surface area (Å²) in [7, 11) is 1.79. The summed E-state index contributed by atoms with van der Waals surface area (Å²) >= 11 is 6.20. The van der Waals surface area contributed by atoms with Gasteiger partial charge in [0.1, 0.15) is 6.33 Å². The van der Waals surface area contributed by atoms with Crippen molar-refractivity contribution in [2.45, 2.75) is 19.4 Å². The molecule has 2 amide bonds. The summed E-state index contributed by atoms with van der Waals surface area (Å²) in [6, 6.07) is 9.91. The Balaban J connectivity index is 1.45. The van der Waals surface area contributed by atoms with Crippen molar-refractivity contribution in [1.29, 1.82) is 0 Å². The third-order valence-corrected chi connectivity index (χ3v) is 6.82. The Bertz CT molecular complexity index is 1590. The van der Waals surface area contributed by atoms with Gasteiger partial charge in [-0.15, -0.1) is 5.10 Å². The first-order valence-corrected chi connectivity index (χ1v) is 12.3. The van der Waals surface area contributed by atoms with Crippen LogP contribution in [0.5, 0.6) is 0 Å². The molecule has 39 heavy (non-hydrogen) atoms. The highest BCUT2D eigenvalue weighted by Gasteiger charge is 2.38. The van der Waals surface area contributed by atoms with Crippen LogP contribution < -0.4 is 5.32 Å². The Labute approximate surface area is 227 Å². The molecule has 0 bridgehead atoms. The molecule has 1 aliphatic rings. The zero-order valence-electron chi connectivity index (χ0n) is 20.9. The van der Waals surface area contributed by atoms with E-state index in [2.05, 4.69) is 25.9 Å². The number of nitrogens with one attached hydrogen (secondary N) is 1. The standard InChI is InChI=1S/C26H23ClN8O4/c1-15-20-11-12-34(22(36)10-5-17-13-18(27)6-9-21(17)35-14-28-31-32-35)24(23(20)30-33(15)2)25(37)29-19-7-3-16(4-8-19)26(38)39/h3-10,13-14,24H,11-12H2,1-2H3,(H,29,37)(H,38,39)/b10-5+. The number of aromatic carboxylic acids is 1. The van der Waals surface area contributed by atoms with E-state index in [1.807, 2.05) is 6.92 Å². The Morgan fingerprint density at radius 2 is 1.92 bits per heavy atom. The number of rotatable bonds is 6. The van der Waals surface area contributed by atoms with Gasteiger partial charge in [-0.2, -0.15) is 9.78 Å². The lowest BCUT2D eigenvalue weighted by Gasteiger charge is -2.33. The largest absolute Gasteiger partial charge is 0.478 e. The van der Waals surface area contributed by atoms with Crippen molar-refractivity contribution in [3.63, 3.8) is 0 Å².